The molecule has 0 unspecified atom stereocenters. The topological polar surface area (TPSA) is 55.4 Å². The zero-order valence-electron chi connectivity index (χ0n) is 14.0. The van der Waals surface area contributed by atoms with Crippen LogP contribution in [0.15, 0.2) is 47.8 Å². The molecule has 1 heterocycles. The molecule has 0 bridgehead atoms. The molecular weight excluding hydrogens is 322 g/mol. The second-order valence-corrected chi connectivity index (χ2v) is 6.98. The molecule has 0 saturated carbocycles. The molecule has 24 heavy (non-hydrogen) atoms. The van der Waals surface area contributed by atoms with Gasteiger partial charge in [-0.2, -0.15) is 0 Å². The third-order valence-electron chi connectivity index (χ3n) is 3.51. The first-order valence-corrected chi connectivity index (χ1v) is 9.00. The zero-order chi connectivity index (χ0) is 17.4. The summed E-state index contributed by atoms with van der Waals surface area (Å²) in [7, 11) is 0. The molecule has 0 aliphatic carbocycles. The molecule has 0 aliphatic heterocycles. The lowest BCUT2D eigenvalue weighted by Crippen LogP contribution is -2.39. The number of esters is 1. The van der Waals surface area contributed by atoms with Crippen LogP contribution in [0.25, 0.3) is 0 Å². The number of carbonyl (C=O) groups is 2. The highest BCUT2D eigenvalue weighted by atomic mass is 32.1. The third kappa shape index (κ3) is 5.81. The van der Waals surface area contributed by atoms with Crippen LogP contribution in [0, 0.1) is 5.92 Å². The van der Waals surface area contributed by atoms with E-state index in [1.807, 2.05) is 49.6 Å². The summed E-state index contributed by atoms with van der Waals surface area (Å²) in [4.78, 5) is 25.0. The maximum atomic E-state index is 12.4. The van der Waals surface area contributed by atoms with Gasteiger partial charge in [0.1, 0.15) is 4.88 Å². The smallest absolute Gasteiger partial charge is 0.349 e. The van der Waals surface area contributed by atoms with Crippen LogP contribution in [0.2, 0.25) is 0 Å². The highest BCUT2D eigenvalue weighted by molar-refractivity contribution is 7.11. The number of amides is 1. The Kier molecular flexibility index (Phi) is 7.00. The van der Waals surface area contributed by atoms with Crippen molar-refractivity contribution in [2.24, 2.45) is 5.92 Å². The van der Waals surface area contributed by atoms with Crippen molar-refractivity contribution in [3.8, 4) is 0 Å². The second-order valence-electron chi connectivity index (χ2n) is 6.03. The van der Waals surface area contributed by atoms with E-state index < -0.39 is 12.1 Å². The van der Waals surface area contributed by atoms with E-state index in [9.17, 15) is 9.59 Å². The van der Waals surface area contributed by atoms with Crippen LogP contribution in [0.3, 0.4) is 0 Å². The van der Waals surface area contributed by atoms with E-state index in [4.69, 9.17) is 4.74 Å². The van der Waals surface area contributed by atoms with E-state index in [1.165, 1.54) is 11.3 Å². The molecule has 0 fully saturated rings. The van der Waals surface area contributed by atoms with E-state index in [2.05, 4.69) is 5.32 Å². The van der Waals surface area contributed by atoms with Crippen LogP contribution >= 0.6 is 11.3 Å². The van der Waals surface area contributed by atoms with Gasteiger partial charge in [0.05, 0.1) is 0 Å². The van der Waals surface area contributed by atoms with Gasteiger partial charge in [-0.15, -0.1) is 11.3 Å². The molecule has 4 nitrogen and oxygen atoms in total. The van der Waals surface area contributed by atoms with Crippen molar-refractivity contribution in [3.05, 3.63) is 58.3 Å². The van der Waals surface area contributed by atoms with Gasteiger partial charge in [-0.25, -0.2) is 4.79 Å². The van der Waals surface area contributed by atoms with E-state index in [1.54, 1.807) is 12.1 Å². The van der Waals surface area contributed by atoms with Gasteiger partial charge >= 0.3 is 5.97 Å². The van der Waals surface area contributed by atoms with Gasteiger partial charge in [0, 0.05) is 6.54 Å². The van der Waals surface area contributed by atoms with Crippen LogP contribution in [-0.4, -0.2) is 24.5 Å². The molecule has 2 aromatic rings. The first-order chi connectivity index (χ1) is 11.6. The minimum absolute atomic E-state index is 0.232. The summed E-state index contributed by atoms with van der Waals surface area (Å²) >= 11 is 1.31. The van der Waals surface area contributed by atoms with E-state index in [-0.39, 0.29) is 11.8 Å². The summed E-state index contributed by atoms with van der Waals surface area (Å²) < 4.78 is 5.43. The standard InChI is InChI=1S/C19H23NO3S/c1-14(2)13-16(23-19(22)17-9-6-12-24-17)18(21)20-11-10-15-7-4-3-5-8-15/h3-9,12,14,16H,10-11,13H2,1-2H3,(H,20,21)/t16-/m1/s1. The normalized spacial score (nSPS) is 12.0. The Bertz CT molecular complexity index is 638. The van der Waals surface area contributed by atoms with Crippen LogP contribution in [0.1, 0.15) is 35.5 Å². The van der Waals surface area contributed by atoms with Crippen LogP contribution < -0.4 is 5.32 Å². The van der Waals surface area contributed by atoms with E-state index in [0.717, 1.165) is 12.0 Å². The molecule has 1 amide bonds. The molecule has 1 aromatic carbocycles. The first kappa shape index (κ1) is 18.2. The molecule has 0 aliphatic rings. The molecule has 1 N–H and O–H groups in total. The SMILES string of the molecule is CC(C)C[C@@H](OC(=O)c1cccs1)C(=O)NCCc1ccccc1. The molecule has 5 heteroatoms. The van der Waals surface area contributed by atoms with E-state index in [0.29, 0.717) is 17.8 Å². The van der Waals surface area contributed by atoms with Gasteiger partial charge < -0.3 is 10.1 Å². The lowest BCUT2D eigenvalue weighted by atomic mass is 10.1. The van der Waals surface area contributed by atoms with Crippen LogP contribution in [0.5, 0.6) is 0 Å². The average Bonchev–Trinajstić information content (AvgIpc) is 3.09. The third-order valence-corrected chi connectivity index (χ3v) is 4.36. The molecule has 1 atom stereocenters. The Morgan fingerprint density at radius 2 is 1.88 bits per heavy atom. The average molecular weight is 345 g/mol. The van der Waals surface area contributed by atoms with Gasteiger partial charge in [-0.3, -0.25) is 4.79 Å². The zero-order valence-corrected chi connectivity index (χ0v) is 14.8. The summed E-state index contributed by atoms with van der Waals surface area (Å²) in [6.45, 7) is 4.53. The molecule has 128 valence electrons. The van der Waals surface area contributed by atoms with Crippen molar-refractivity contribution in [1.82, 2.24) is 5.32 Å². The number of thiophene rings is 1. The van der Waals surface area contributed by atoms with E-state index >= 15 is 0 Å². The fourth-order valence-corrected chi connectivity index (χ4v) is 2.91. The summed E-state index contributed by atoms with van der Waals surface area (Å²) in [5.41, 5.74) is 1.16. The highest BCUT2D eigenvalue weighted by Crippen LogP contribution is 2.15. The fourth-order valence-electron chi connectivity index (χ4n) is 2.31. The molecule has 0 radical (unpaired) electrons. The molecule has 2 rings (SSSR count). The van der Waals surface area contributed by atoms with Crippen molar-refractivity contribution in [3.63, 3.8) is 0 Å². The Morgan fingerprint density at radius 3 is 2.50 bits per heavy atom. The quantitative estimate of drug-likeness (QED) is 0.743. The summed E-state index contributed by atoms with van der Waals surface area (Å²) in [5.74, 6) is -0.413. The van der Waals surface area contributed by atoms with Gasteiger partial charge in [0.15, 0.2) is 6.10 Å². The monoisotopic (exact) mass is 345 g/mol. The van der Waals surface area contributed by atoms with Crippen molar-refractivity contribution in [1.29, 1.82) is 0 Å². The second kappa shape index (κ2) is 9.23. The molecule has 1 aromatic heterocycles. The van der Waals surface area contributed by atoms with Crippen molar-refractivity contribution in [2.45, 2.75) is 32.8 Å². The fraction of sp³-hybridized carbons (Fsp3) is 0.368. The minimum Gasteiger partial charge on any atom is -0.448 e. The van der Waals surface area contributed by atoms with Crippen LogP contribution in [-0.2, 0) is 16.0 Å². The summed E-state index contributed by atoms with van der Waals surface area (Å²) in [6.07, 6.45) is 0.504. The number of carbonyl (C=O) groups excluding carboxylic acids is 2. The summed E-state index contributed by atoms with van der Waals surface area (Å²) in [5, 5.41) is 4.69. The van der Waals surface area contributed by atoms with Gasteiger partial charge in [0.2, 0.25) is 0 Å². The van der Waals surface area contributed by atoms with Crippen molar-refractivity contribution in [2.75, 3.05) is 6.54 Å². The van der Waals surface area contributed by atoms with Gasteiger partial charge in [0.25, 0.3) is 5.91 Å². The predicted molar refractivity (Wildman–Crippen MR) is 96.1 cm³/mol. The number of rotatable bonds is 8. The number of ether oxygens (including phenoxy) is 1. The highest BCUT2D eigenvalue weighted by Gasteiger charge is 2.24. The van der Waals surface area contributed by atoms with Gasteiger partial charge in [-0.1, -0.05) is 50.2 Å². The Balaban J connectivity index is 1.88. The number of hydrogen-bond donors (Lipinski definition) is 1. The maximum absolute atomic E-state index is 12.4. The first-order valence-electron chi connectivity index (χ1n) is 8.12. The lowest BCUT2D eigenvalue weighted by Gasteiger charge is -2.19. The Hall–Kier alpha value is -2.14. The lowest BCUT2D eigenvalue weighted by molar-refractivity contribution is -0.130. The maximum Gasteiger partial charge on any atom is 0.349 e. The number of hydrogen-bond acceptors (Lipinski definition) is 4. The number of nitrogens with one attached hydrogen (secondary N) is 1. The predicted octanol–water partition coefficient (Wildman–Crippen LogP) is 3.68. The minimum atomic E-state index is -0.754. The van der Waals surface area contributed by atoms with Crippen molar-refractivity contribution < 1.29 is 14.3 Å². The largest absolute Gasteiger partial charge is 0.448 e. The summed E-state index contributed by atoms with van der Waals surface area (Å²) in [6, 6.07) is 13.4. The van der Waals surface area contributed by atoms with Crippen LogP contribution in [0.4, 0.5) is 0 Å². The number of benzene rings is 1. The molecule has 0 spiro atoms. The van der Waals surface area contributed by atoms with Gasteiger partial charge in [-0.05, 0) is 35.8 Å². The molecular formula is C19H23NO3S. The molecule has 0 saturated heterocycles. The Labute approximate surface area is 146 Å². The Morgan fingerprint density at radius 1 is 1.12 bits per heavy atom. The van der Waals surface area contributed by atoms with Crippen molar-refractivity contribution >= 4 is 23.2 Å².